The molecule has 2 fully saturated rings. The maximum absolute atomic E-state index is 12.3. The number of likely N-dealkylation sites (N-methyl/N-ethyl adjacent to an activating group) is 1. The van der Waals surface area contributed by atoms with Crippen molar-refractivity contribution in [2.45, 2.75) is 45.1 Å². The third kappa shape index (κ3) is 2.51. The summed E-state index contributed by atoms with van der Waals surface area (Å²) >= 11 is 0. The molecule has 1 heterocycles. The number of nitrogens with zero attached hydrogens (tertiary/aromatic N) is 1. The highest BCUT2D eigenvalue weighted by molar-refractivity contribution is 5.85. The molecule has 0 aromatic heterocycles. The zero-order chi connectivity index (χ0) is 10.9. The summed E-state index contributed by atoms with van der Waals surface area (Å²) in [6, 6.07) is 0.510. The fourth-order valence-corrected chi connectivity index (χ4v) is 2.60. The van der Waals surface area contributed by atoms with E-state index in [0.29, 0.717) is 11.9 Å². The minimum Gasteiger partial charge on any atom is -0.341 e. The summed E-state index contributed by atoms with van der Waals surface area (Å²) in [7, 11) is 1.99. The van der Waals surface area contributed by atoms with Crippen molar-refractivity contribution in [3.63, 3.8) is 0 Å². The maximum Gasteiger partial charge on any atom is 0.228 e. The first-order chi connectivity index (χ1) is 7.22. The van der Waals surface area contributed by atoms with E-state index in [-0.39, 0.29) is 17.8 Å². The largest absolute Gasteiger partial charge is 0.341 e. The molecular weight excluding hydrogens is 224 g/mol. The van der Waals surface area contributed by atoms with Crippen LogP contribution in [0.1, 0.15) is 39.0 Å². The molecule has 1 aliphatic heterocycles. The Morgan fingerprint density at radius 2 is 2.19 bits per heavy atom. The lowest BCUT2D eigenvalue weighted by molar-refractivity contribution is -0.138. The number of rotatable bonds is 3. The highest BCUT2D eigenvalue weighted by atomic mass is 35.5. The van der Waals surface area contributed by atoms with E-state index in [0.717, 1.165) is 38.8 Å². The summed E-state index contributed by atoms with van der Waals surface area (Å²) in [6.07, 6.45) is 5.61. The number of likely N-dealkylation sites (tertiary alicyclic amines) is 1. The predicted octanol–water partition coefficient (Wildman–Crippen LogP) is 1.81. The Kier molecular flexibility index (Phi) is 4.62. The minimum absolute atomic E-state index is 0. The smallest absolute Gasteiger partial charge is 0.228 e. The molecule has 1 atom stereocenters. The zero-order valence-corrected chi connectivity index (χ0v) is 11.1. The molecule has 0 aromatic rings. The Labute approximate surface area is 104 Å². The van der Waals surface area contributed by atoms with Crippen LogP contribution in [0.3, 0.4) is 0 Å². The lowest BCUT2D eigenvalue weighted by atomic mass is 9.98. The van der Waals surface area contributed by atoms with Crippen LogP contribution in [0.25, 0.3) is 0 Å². The highest BCUT2D eigenvalue weighted by Gasteiger charge is 2.50. The standard InChI is InChI=1S/C12H22N2O.ClH/c1-3-12(6-7-12)11(15)14-8-4-5-10(9-14)13-2;/h10,13H,3-9H2,1-2H3;1H. The number of piperidine rings is 1. The Bertz CT molecular complexity index is 253. The number of carbonyl (C=O) groups excluding carboxylic acids is 1. The molecule has 16 heavy (non-hydrogen) atoms. The summed E-state index contributed by atoms with van der Waals surface area (Å²) in [5.41, 5.74) is 0.0512. The molecular formula is C12H23ClN2O. The molecule has 0 spiro atoms. The van der Waals surface area contributed by atoms with E-state index >= 15 is 0 Å². The second-order valence-corrected chi connectivity index (χ2v) is 5.01. The van der Waals surface area contributed by atoms with Crippen LogP contribution in [0.2, 0.25) is 0 Å². The average molecular weight is 247 g/mol. The van der Waals surface area contributed by atoms with Crippen LogP contribution in [0, 0.1) is 5.41 Å². The first-order valence-electron chi connectivity index (χ1n) is 6.18. The Balaban J connectivity index is 0.00000128. The van der Waals surface area contributed by atoms with E-state index in [9.17, 15) is 4.79 Å². The number of halogens is 1. The molecule has 0 aromatic carbocycles. The number of amides is 1. The Hall–Kier alpha value is -0.280. The molecule has 1 saturated carbocycles. The van der Waals surface area contributed by atoms with Gasteiger partial charge >= 0.3 is 0 Å². The van der Waals surface area contributed by atoms with Gasteiger partial charge in [-0.3, -0.25) is 4.79 Å². The second-order valence-electron chi connectivity index (χ2n) is 5.01. The maximum atomic E-state index is 12.3. The van der Waals surface area contributed by atoms with Gasteiger partial charge in [-0.15, -0.1) is 12.4 Å². The van der Waals surface area contributed by atoms with Gasteiger partial charge in [0.15, 0.2) is 0 Å². The van der Waals surface area contributed by atoms with Gasteiger partial charge in [-0.25, -0.2) is 0 Å². The normalized spacial score (nSPS) is 27.1. The van der Waals surface area contributed by atoms with Gasteiger partial charge in [0.2, 0.25) is 5.91 Å². The molecule has 1 N–H and O–H groups in total. The van der Waals surface area contributed by atoms with Gasteiger partial charge < -0.3 is 10.2 Å². The first kappa shape index (κ1) is 13.8. The van der Waals surface area contributed by atoms with Crippen LogP contribution < -0.4 is 5.32 Å². The van der Waals surface area contributed by atoms with Crippen LogP contribution in [-0.2, 0) is 4.79 Å². The molecule has 1 amide bonds. The summed E-state index contributed by atoms with van der Waals surface area (Å²) < 4.78 is 0. The van der Waals surface area contributed by atoms with Crippen molar-refractivity contribution in [3.05, 3.63) is 0 Å². The predicted molar refractivity (Wildman–Crippen MR) is 67.9 cm³/mol. The van der Waals surface area contributed by atoms with Gasteiger partial charge in [0.1, 0.15) is 0 Å². The quantitative estimate of drug-likeness (QED) is 0.824. The highest BCUT2D eigenvalue weighted by Crippen LogP contribution is 2.50. The van der Waals surface area contributed by atoms with Crippen molar-refractivity contribution in [2.75, 3.05) is 20.1 Å². The van der Waals surface area contributed by atoms with Gasteiger partial charge in [-0.1, -0.05) is 6.92 Å². The number of carbonyl (C=O) groups is 1. The molecule has 1 saturated heterocycles. The van der Waals surface area contributed by atoms with Gasteiger partial charge in [-0.05, 0) is 39.2 Å². The summed E-state index contributed by atoms with van der Waals surface area (Å²) in [5.74, 6) is 0.421. The Morgan fingerprint density at radius 1 is 1.50 bits per heavy atom. The van der Waals surface area contributed by atoms with Crippen molar-refractivity contribution in [3.8, 4) is 0 Å². The van der Waals surface area contributed by atoms with Crippen LogP contribution >= 0.6 is 12.4 Å². The van der Waals surface area contributed by atoms with E-state index in [1.54, 1.807) is 0 Å². The van der Waals surface area contributed by atoms with Crippen molar-refractivity contribution >= 4 is 18.3 Å². The summed E-state index contributed by atoms with van der Waals surface area (Å²) in [6.45, 7) is 4.03. The molecule has 0 radical (unpaired) electrons. The molecule has 3 nitrogen and oxygen atoms in total. The third-order valence-electron chi connectivity index (χ3n) is 4.10. The van der Waals surface area contributed by atoms with E-state index in [4.69, 9.17) is 0 Å². The lowest BCUT2D eigenvalue weighted by Crippen LogP contribution is -2.49. The lowest BCUT2D eigenvalue weighted by Gasteiger charge is -2.34. The van der Waals surface area contributed by atoms with Gasteiger partial charge in [-0.2, -0.15) is 0 Å². The molecule has 94 valence electrons. The van der Waals surface area contributed by atoms with E-state index in [1.165, 1.54) is 6.42 Å². The van der Waals surface area contributed by atoms with Crippen molar-refractivity contribution in [2.24, 2.45) is 5.41 Å². The molecule has 0 bridgehead atoms. The molecule has 2 aliphatic rings. The number of hydrogen-bond donors (Lipinski definition) is 1. The Morgan fingerprint density at radius 3 is 2.69 bits per heavy atom. The van der Waals surface area contributed by atoms with Crippen LogP contribution in [-0.4, -0.2) is 37.0 Å². The van der Waals surface area contributed by atoms with Gasteiger partial charge in [0, 0.05) is 24.5 Å². The van der Waals surface area contributed by atoms with Crippen LogP contribution in [0.5, 0.6) is 0 Å². The van der Waals surface area contributed by atoms with E-state index in [2.05, 4.69) is 17.1 Å². The summed E-state index contributed by atoms with van der Waals surface area (Å²) in [5, 5.41) is 3.28. The fraction of sp³-hybridized carbons (Fsp3) is 0.917. The van der Waals surface area contributed by atoms with E-state index < -0.39 is 0 Å². The van der Waals surface area contributed by atoms with Crippen molar-refractivity contribution < 1.29 is 4.79 Å². The molecule has 4 heteroatoms. The van der Waals surface area contributed by atoms with Crippen LogP contribution in [0.15, 0.2) is 0 Å². The monoisotopic (exact) mass is 246 g/mol. The van der Waals surface area contributed by atoms with Gasteiger partial charge in [0.05, 0.1) is 0 Å². The SMILES string of the molecule is CCC1(C(=O)N2CCCC(NC)C2)CC1.Cl. The fourth-order valence-electron chi connectivity index (χ4n) is 2.60. The minimum atomic E-state index is 0. The topological polar surface area (TPSA) is 32.3 Å². The number of hydrogen-bond acceptors (Lipinski definition) is 2. The second kappa shape index (κ2) is 5.37. The zero-order valence-electron chi connectivity index (χ0n) is 10.3. The third-order valence-corrected chi connectivity index (χ3v) is 4.10. The molecule has 1 aliphatic carbocycles. The molecule has 1 unspecified atom stereocenters. The first-order valence-corrected chi connectivity index (χ1v) is 6.18. The van der Waals surface area contributed by atoms with Crippen molar-refractivity contribution in [1.82, 2.24) is 10.2 Å². The number of nitrogens with one attached hydrogen (secondary N) is 1. The summed E-state index contributed by atoms with van der Waals surface area (Å²) in [4.78, 5) is 14.4. The van der Waals surface area contributed by atoms with E-state index in [1.807, 2.05) is 7.05 Å². The average Bonchev–Trinajstić information content (AvgIpc) is 3.09. The van der Waals surface area contributed by atoms with Gasteiger partial charge in [0.25, 0.3) is 0 Å². The van der Waals surface area contributed by atoms with Crippen molar-refractivity contribution in [1.29, 1.82) is 0 Å². The van der Waals surface area contributed by atoms with Crippen LogP contribution in [0.4, 0.5) is 0 Å². The molecule has 2 rings (SSSR count).